The molecule has 1 amide bonds. The molecule has 1 saturated heterocycles. The van der Waals surface area contributed by atoms with Crippen molar-refractivity contribution in [3.05, 3.63) is 59.3 Å². The molecule has 0 N–H and O–H groups in total. The molecule has 0 spiro atoms. The van der Waals surface area contributed by atoms with Crippen molar-refractivity contribution in [2.45, 2.75) is 40.2 Å². The van der Waals surface area contributed by atoms with Crippen LogP contribution in [0.1, 0.15) is 43.8 Å². The lowest BCUT2D eigenvalue weighted by molar-refractivity contribution is -0.130. The monoisotopic (exact) mass is 386 g/mol. The summed E-state index contributed by atoms with van der Waals surface area (Å²) in [5, 5.41) is 0. The molecule has 2 heterocycles. The van der Waals surface area contributed by atoms with Gasteiger partial charge in [-0.05, 0) is 48.6 Å². The zero-order chi connectivity index (χ0) is 20.3. The van der Waals surface area contributed by atoms with E-state index in [-0.39, 0.29) is 23.6 Å². The topological polar surface area (TPSA) is 36.7 Å². The van der Waals surface area contributed by atoms with E-state index in [1.165, 1.54) is 6.07 Å². The lowest BCUT2D eigenvalue weighted by atomic mass is 9.88. The Balaban J connectivity index is 1.79. The first-order chi connectivity index (χ1) is 13.3. The van der Waals surface area contributed by atoms with Crippen molar-refractivity contribution >= 4 is 5.91 Å². The number of halogens is 1. The van der Waals surface area contributed by atoms with Crippen LogP contribution < -0.4 is 0 Å². The minimum Gasteiger partial charge on any atom is -0.465 e. The zero-order valence-electron chi connectivity index (χ0n) is 17.3. The highest BCUT2D eigenvalue weighted by Crippen LogP contribution is 2.34. The third kappa shape index (κ3) is 5.22. The van der Waals surface area contributed by atoms with E-state index in [1.54, 1.807) is 19.1 Å². The second kappa shape index (κ2) is 8.91. The van der Waals surface area contributed by atoms with Crippen LogP contribution >= 0.6 is 0 Å². The summed E-state index contributed by atoms with van der Waals surface area (Å²) in [6.45, 7) is 11.7. The number of furan rings is 1. The summed E-state index contributed by atoms with van der Waals surface area (Å²) in [5.41, 5.74) is 1.01. The van der Waals surface area contributed by atoms with Crippen LogP contribution in [0.25, 0.3) is 0 Å². The van der Waals surface area contributed by atoms with Gasteiger partial charge in [0.2, 0.25) is 5.91 Å². The molecule has 1 fully saturated rings. The van der Waals surface area contributed by atoms with Gasteiger partial charge >= 0.3 is 0 Å². The molecule has 0 saturated carbocycles. The van der Waals surface area contributed by atoms with Crippen molar-refractivity contribution in [3.8, 4) is 0 Å². The van der Waals surface area contributed by atoms with Crippen LogP contribution in [0.15, 0.2) is 40.8 Å². The zero-order valence-corrected chi connectivity index (χ0v) is 17.3. The molecule has 0 bridgehead atoms. The molecule has 2 aromatic rings. The average Bonchev–Trinajstić information content (AvgIpc) is 3.20. The van der Waals surface area contributed by atoms with Gasteiger partial charge < -0.3 is 9.32 Å². The van der Waals surface area contributed by atoms with Crippen LogP contribution in [-0.4, -0.2) is 41.9 Å². The van der Waals surface area contributed by atoms with Gasteiger partial charge in [0, 0.05) is 39.0 Å². The number of amides is 1. The minimum atomic E-state index is -0.207. The highest BCUT2D eigenvalue weighted by molar-refractivity contribution is 5.73. The van der Waals surface area contributed by atoms with Crippen molar-refractivity contribution < 1.29 is 13.6 Å². The predicted octanol–water partition coefficient (Wildman–Crippen LogP) is 4.45. The quantitative estimate of drug-likeness (QED) is 0.706. The number of hydrogen-bond acceptors (Lipinski definition) is 3. The number of aryl methyl sites for hydroxylation is 1. The molecule has 5 heteroatoms. The molecule has 28 heavy (non-hydrogen) atoms. The lowest BCUT2D eigenvalue weighted by Gasteiger charge is -2.29. The molecule has 1 aromatic heterocycles. The predicted molar refractivity (Wildman–Crippen MR) is 108 cm³/mol. The smallest absolute Gasteiger partial charge is 0.219 e. The number of hydrogen-bond donors (Lipinski definition) is 0. The van der Waals surface area contributed by atoms with Gasteiger partial charge in [-0.15, -0.1) is 0 Å². The molecular formula is C23H31FN2O2. The van der Waals surface area contributed by atoms with Crippen molar-refractivity contribution in [2.24, 2.45) is 11.8 Å². The number of carbonyl (C=O) groups excluding carboxylic acids is 1. The number of rotatable bonds is 7. The maximum atomic E-state index is 13.9. The summed E-state index contributed by atoms with van der Waals surface area (Å²) in [6.07, 6.45) is 0. The van der Waals surface area contributed by atoms with E-state index in [4.69, 9.17) is 4.42 Å². The SMILES string of the molecule is CC(=O)N(CC(C)C)CC1CN(Cc2ccc(C)o2)CC1c1cccc(F)c1. The Morgan fingerprint density at radius 3 is 2.68 bits per heavy atom. The summed E-state index contributed by atoms with van der Waals surface area (Å²) in [6, 6.07) is 10.9. The maximum Gasteiger partial charge on any atom is 0.219 e. The van der Waals surface area contributed by atoms with Crippen LogP contribution in [0.2, 0.25) is 0 Å². The molecule has 0 aliphatic carbocycles. The maximum absolute atomic E-state index is 13.9. The van der Waals surface area contributed by atoms with Crippen LogP contribution in [0, 0.1) is 24.6 Å². The Morgan fingerprint density at radius 2 is 2.07 bits per heavy atom. The van der Waals surface area contributed by atoms with Crippen molar-refractivity contribution in [1.29, 1.82) is 0 Å². The van der Waals surface area contributed by atoms with Gasteiger partial charge in [-0.1, -0.05) is 26.0 Å². The van der Waals surface area contributed by atoms with Crippen molar-refractivity contribution in [2.75, 3.05) is 26.2 Å². The summed E-state index contributed by atoms with van der Waals surface area (Å²) >= 11 is 0. The molecule has 0 radical (unpaired) electrons. The fraction of sp³-hybridized carbons (Fsp3) is 0.522. The Hall–Kier alpha value is -2.14. The van der Waals surface area contributed by atoms with Crippen LogP contribution in [0.5, 0.6) is 0 Å². The first-order valence-corrected chi connectivity index (χ1v) is 10.1. The Kier molecular flexibility index (Phi) is 6.55. The number of benzene rings is 1. The molecule has 1 aromatic carbocycles. The summed E-state index contributed by atoms with van der Waals surface area (Å²) in [7, 11) is 0. The van der Waals surface area contributed by atoms with E-state index in [0.29, 0.717) is 12.5 Å². The largest absolute Gasteiger partial charge is 0.465 e. The van der Waals surface area contributed by atoms with E-state index in [1.807, 2.05) is 30.0 Å². The van der Waals surface area contributed by atoms with Gasteiger partial charge in [0.25, 0.3) is 0 Å². The van der Waals surface area contributed by atoms with E-state index in [2.05, 4.69) is 18.7 Å². The standard InChI is InChI=1S/C23H31FN2O2/c1-16(2)11-26(18(4)27)13-20-12-25(14-22-9-8-17(3)28-22)15-23(20)19-6-5-7-21(24)10-19/h5-10,16,20,23H,11-15H2,1-4H3. The number of likely N-dealkylation sites (tertiary alicyclic amines) is 1. The molecule has 152 valence electrons. The Morgan fingerprint density at radius 1 is 1.29 bits per heavy atom. The van der Waals surface area contributed by atoms with Gasteiger partial charge in [-0.25, -0.2) is 4.39 Å². The van der Waals surface area contributed by atoms with Crippen molar-refractivity contribution in [1.82, 2.24) is 9.80 Å². The summed E-state index contributed by atoms with van der Waals surface area (Å²) < 4.78 is 19.6. The molecule has 2 unspecified atom stereocenters. The highest BCUT2D eigenvalue weighted by Gasteiger charge is 2.36. The minimum absolute atomic E-state index is 0.104. The average molecular weight is 387 g/mol. The highest BCUT2D eigenvalue weighted by atomic mass is 19.1. The first-order valence-electron chi connectivity index (χ1n) is 10.1. The van der Waals surface area contributed by atoms with Gasteiger partial charge in [-0.2, -0.15) is 0 Å². The molecule has 1 aliphatic heterocycles. The Bertz CT molecular complexity index is 801. The van der Waals surface area contributed by atoms with Gasteiger partial charge in [0.15, 0.2) is 0 Å². The van der Waals surface area contributed by atoms with Gasteiger partial charge in [-0.3, -0.25) is 9.69 Å². The molecule has 1 aliphatic rings. The lowest BCUT2D eigenvalue weighted by Crippen LogP contribution is -2.38. The number of carbonyl (C=O) groups is 1. The van der Waals surface area contributed by atoms with Gasteiger partial charge in [0.05, 0.1) is 6.54 Å². The van der Waals surface area contributed by atoms with Crippen LogP contribution in [0.4, 0.5) is 4.39 Å². The Labute approximate surface area is 167 Å². The molecule has 2 atom stereocenters. The molecular weight excluding hydrogens is 355 g/mol. The summed E-state index contributed by atoms with van der Waals surface area (Å²) in [4.78, 5) is 16.5. The third-order valence-corrected chi connectivity index (χ3v) is 5.45. The van der Waals surface area contributed by atoms with E-state index in [0.717, 1.165) is 43.3 Å². The number of nitrogens with zero attached hydrogens (tertiary/aromatic N) is 2. The second-order valence-electron chi connectivity index (χ2n) is 8.45. The third-order valence-electron chi connectivity index (χ3n) is 5.45. The van der Waals surface area contributed by atoms with E-state index in [9.17, 15) is 9.18 Å². The summed E-state index contributed by atoms with van der Waals surface area (Å²) in [5.74, 6) is 2.63. The fourth-order valence-corrected chi connectivity index (χ4v) is 4.24. The van der Waals surface area contributed by atoms with Gasteiger partial charge in [0.1, 0.15) is 17.3 Å². The van der Waals surface area contributed by atoms with E-state index < -0.39 is 0 Å². The normalized spacial score (nSPS) is 20.1. The van der Waals surface area contributed by atoms with E-state index >= 15 is 0 Å². The van der Waals surface area contributed by atoms with Crippen molar-refractivity contribution in [3.63, 3.8) is 0 Å². The van der Waals surface area contributed by atoms with Crippen LogP contribution in [-0.2, 0) is 11.3 Å². The molecule has 4 nitrogen and oxygen atoms in total. The van der Waals surface area contributed by atoms with Crippen LogP contribution in [0.3, 0.4) is 0 Å². The molecule has 3 rings (SSSR count). The fourth-order valence-electron chi connectivity index (χ4n) is 4.24. The second-order valence-corrected chi connectivity index (χ2v) is 8.45. The first kappa shape index (κ1) is 20.6.